The molecule has 0 unspecified atom stereocenters. The van der Waals surface area contributed by atoms with Gasteiger partial charge in [0.2, 0.25) is 53.3 Å². The molecule has 6 N–H and O–H groups in total. The van der Waals surface area contributed by atoms with Crippen LogP contribution in [0, 0.1) is 12.8 Å². The van der Waals surface area contributed by atoms with Crippen LogP contribution in [0.1, 0.15) is 11.1 Å². The van der Waals surface area contributed by atoms with Gasteiger partial charge in [0, 0.05) is 107 Å². The Hall–Kier alpha value is -9.93. The second kappa shape index (κ2) is 26.4. The van der Waals surface area contributed by atoms with Gasteiger partial charge in [-0.15, -0.1) is 0 Å². The van der Waals surface area contributed by atoms with Crippen molar-refractivity contribution in [3.63, 3.8) is 0 Å². The number of anilines is 12. The van der Waals surface area contributed by atoms with Crippen LogP contribution < -0.4 is 51.2 Å². The third-order valence-electron chi connectivity index (χ3n) is 12.7. The van der Waals surface area contributed by atoms with E-state index in [9.17, 15) is 32.3 Å². The van der Waals surface area contributed by atoms with Crippen LogP contribution >= 0.6 is 0 Å². The fourth-order valence-corrected chi connectivity index (χ4v) is 8.27. The van der Waals surface area contributed by atoms with Crippen LogP contribution in [0.2, 0.25) is 0 Å². The van der Waals surface area contributed by atoms with Crippen molar-refractivity contribution in [1.29, 1.82) is 0 Å². The van der Waals surface area contributed by atoms with Gasteiger partial charge in [-0.05, 0) is 55.5 Å². The molecule has 3 aliphatic heterocycles. The molecular formula is C53H60F3N19O7. The van der Waals surface area contributed by atoms with E-state index in [0.29, 0.717) is 118 Å². The number of ether oxygens (including phenoxy) is 3. The number of nitrogens with zero attached hydrogens (tertiary/aromatic N) is 13. The smallest absolute Gasteiger partial charge is 0.421 e. The molecule has 29 heteroatoms. The average molecular weight is 1130 g/mol. The lowest BCUT2D eigenvalue weighted by Crippen LogP contribution is -2.53. The Morgan fingerprint density at radius 2 is 1.10 bits per heavy atom. The van der Waals surface area contributed by atoms with Crippen LogP contribution in [0.4, 0.5) is 87.5 Å². The fourth-order valence-electron chi connectivity index (χ4n) is 8.27. The van der Waals surface area contributed by atoms with E-state index < -0.39 is 23.5 Å². The van der Waals surface area contributed by atoms with Gasteiger partial charge >= 0.3 is 12.2 Å². The van der Waals surface area contributed by atoms with Gasteiger partial charge in [-0.25, -0.2) is 24.7 Å². The summed E-state index contributed by atoms with van der Waals surface area (Å²) in [4.78, 5) is 91.8. The highest BCUT2D eigenvalue weighted by atomic mass is 19.4. The summed E-state index contributed by atoms with van der Waals surface area (Å²) in [6.45, 7) is 14.1. The van der Waals surface area contributed by atoms with Crippen LogP contribution in [0.25, 0.3) is 0 Å². The summed E-state index contributed by atoms with van der Waals surface area (Å²) < 4.78 is 57.4. The number of piperazine rings is 2. The minimum atomic E-state index is -4.75. The first-order valence-electron chi connectivity index (χ1n) is 25.5. The lowest BCUT2D eigenvalue weighted by Gasteiger charge is -2.38. The molecule has 0 spiro atoms. The summed E-state index contributed by atoms with van der Waals surface area (Å²) in [5.41, 5.74) is 2.41. The summed E-state index contributed by atoms with van der Waals surface area (Å²) in [7, 11) is 6.42. The highest BCUT2D eigenvalue weighted by Crippen LogP contribution is 2.37. The quantitative estimate of drug-likeness (QED) is 0.0554. The molecule has 2 aromatic carbocycles. The first kappa shape index (κ1) is 58.2. The third kappa shape index (κ3) is 14.8. The number of aromatic nitrogens is 8. The number of hydrogen-bond acceptors (Lipinski definition) is 21. The average Bonchev–Trinajstić information content (AvgIpc) is 3.47. The summed E-state index contributed by atoms with van der Waals surface area (Å²) in [5.74, 6) is 0.823. The number of urea groups is 1. The Kier molecular flexibility index (Phi) is 18.7. The Morgan fingerprint density at radius 1 is 0.634 bits per heavy atom. The Bertz CT molecular complexity index is 3300. The maximum atomic E-state index is 13.8. The molecule has 4 aromatic heterocycles. The molecule has 430 valence electrons. The van der Waals surface area contributed by atoms with E-state index in [4.69, 9.17) is 14.2 Å². The van der Waals surface area contributed by atoms with Crippen molar-refractivity contribution in [2.45, 2.75) is 13.1 Å². The first-order valence-corrected chi connectivity index (χ1v) is 25.5. The molecule has 6 aromatic rings. The van der Waals surface area contributed by atoms with Gasteiger partial charge in [0.1, 0.15) is 28.6 Å². The number of hydrogen-bond donors (Lipinski definition) is 6. The van der Waals surface area contributed by atoms with Gasteiger partial charge in [-0.2, -0.15) is 33.1 Å². The van der Waals surface area contributed by atoms with Crippen molar-refractivity contribution in [1.82, 2.24) is 54.6 Å². The molecule has 0 radical (unpaired) electrons. The third-order valence-corrected chi connectivity index (χ3v) is 12.7. The normalized spacial score (nSPS) is 14.2. The molecule has 0 aliphatic carbocycles. The monoisotopic (exact) mass is 1130 g/mol. The number of aryl methyl sites for hydroxylation is 1. The van der Waals surface area contributed by atoms with Crippen molar-refractivity contribution >= 4 is 93.3 Å². The summed E-state index contributed by atoms with van der Waals surface area (Å²) >= 11 is 0. The lowest BCUT2D eigenvalue weighted by molar-refractivity contribution is -0.150. The molecule has 9 rings (SSSR count). The largest absolute Gasteiger partial charge is 0.479 e. The number of carbonyl (C=O) groups excluding carboxylic acids is 4. The van der Waals surface area contributed by atoms with E-state index in [-0.39, 0.29) is 47.0 Å². The zero-order chi connectivity index (χ0) is 58.5. The SMILES string of the molecule is C=CC(=O)Nc1cccc(Nc2nc(Nc3cnc(N4CCN(C(=O)C5COC5)CC4)nc3OC)ncc2C(F)(F)F)c1.C=CC(=O)Nc1cccc(Nc2nc(Nc3cnc(N4CCN(C(=O)N(C)C)CC4)nc3OC)ncc2C)c1. The highest BCUT2D eigenvalue weighted by Gasteiger charge is 2.36. The molecule has 3 saturated heterocycles. The zero-order valence-electron chi connectivity index (χ0n) is 45.5. The number of carbonyl (C=O) groups is 4. The van der Waals surface area contributed by atoms with Gasteiger partial charge < -0.3 is 70.6 Å². The van der Waals surface area contributed by atoms with E-state index in [2.05, 4.69) is 84.9 Å². The number of benzene rings is 2. The number of alkyl halides is 3. The lowest BCUT2D eigenvalue weighted by atomic mass is 10.1. The number of rotatable bonds is 17. The molecular weight excluding hydrogens is 1070 g/mol. The van der Waals surface area contributed by atoms with Crippen molar-refractivity contribution in [2.75, 3.05) is 136 Å². The van der Waals surface area contributed by atoms with Crippen LogP contribution in [-0.4, -0.2) is 172 Å². The molecule has 0 saturated carbocycles. The minimum absolute atomic E-state index is 0.00757. The fraction of sp³-hybridized carbons (Fsp3) is 0.321. The van der Waals surface area contributed by atoms with Gasteiger partial charge in [0.05, 0.1) is 45.7 Å². The highest BCUT2D eigenvalue weighted by molar-refractivity contribution is 5.99. The molecule has 0 atom stereocenters. The maximum Gasteiger partial charge on any atom is 0.421 e. The second-order valence-corrected chi connectivity index (χ2v) is 18.6. The molecule has 7 heterocycles. The summed E-state index contributed by atoms with van der Waals surface area (Å²) in [6.07, 6.45) is 2.93. The molecule has 3 aliphatic rings. The van der Waals surface area contributed by atoms with Crippen molar-refractivity contribution in [3.8, 4) is 11.8 Å². The first-order chi connectivity index (χ1) is 39.4. The maximum absolute atomic E-state index is 13.8. The van der Waals surface area contributed by atoms with E-state index in [0.717, 1.165) is 17.3 Å². The van der Waals surface area contributed by atoms with Crippen LogP contribution in [0.3, 0.4) is 0 Å². The van der Waals surface area contributed by atoms with Gasteiger partial charge in [-0.3, -0.25) is 14.4 Å². The van der Waals surface area contributed by atoms with Gasteiger partial charge in [-0.1, -0.05) is 25.3 Å². The standard InChI is InChI=1S/C27H28F3N9O4.C26H32N10O3/c1-3-21(40)33-17-5-4-6-18(11-17)34-22-19(27(28,29)30)12-31-25(36-22)35-20-13-32-26(37-23(20)42-2)39-9-7-38(8-10-39)24(41)16-14-43-15-16;1-6-21(37)29-18-8-7-9-19(14-18)30-22-17(2)15-27-24(32-22)31-20-16-28-25(33-23(20)39-5)35-10-12-36(13-11-35)26(38)34(3)4/h3-6,11-13,16H,1,7-10,14-15H2,2H3,(H,33,40)(H2,31,34,35,36);6-9,14-16H,1,10-13H2,2-5H3,(H,29,37)(H2,27,30,31,32). The van der Waals surface area contributed by atoms with Gasteiger partial charge in [0.15, 0.2) is 0 Å². The van der Waals surface area contributed by atoms with Crippen molar-refractivity contribution in [3.05, 3.63) is 110 Å². The number of halogens is 3. The Morgan fingerprint density at radius 3 is 1.55 bits per heavy atom. The van der Waals surface area contributed by atoms with E-state index >= 15 is 0 Å². The van der Waals surface area contributed by atoms with Crippen molar-refractivity contribution in [2.24, 2.45) is 5.92 Å². The Balaban J connectivity index is 0.000000216. The predicted octanol–water partition coefficient (Wildman–Crippen LogP) is 6.20. The van der Waals surface area contributed by atoms with Crippen LogP contribution in [0.5, 0.6) is 11.8 Å². The van der Waals surface area contributed by atoms with E-state index in [1.54, 1.807) is 65.5 Å². The minimum Gasteiger partial charge on any atom is -0.479 e. The van der Waals surface area contributed by atoms with E-state index in [1.165, 1.54) is 38.6 Å². The molecule has 0 bridgehead atoms. The van der Waals surface area contributed by atoms with Crippen molar-refractivity contribution < 1.29 is 46.6 Å². The topological polar surface area (TPSA) is 287 Å². The number of amides is 5. The molecule has 5 amide bonds. The van der Waals surface area contributed by atoms with Crippen LogP contribution in [0.15, 0.2) is 98.6 Å². The summed E-state index contributed by atoms with van der Waals surface area (Å²) in [5, 5.41) is 17.1. The molecule has 26 nitrogen and oxygen atoms in total. The van der Waals surface area contributed by atoms with Gasteiger partial charge in [0.25, 0.3) is 0 Å². The second-order valence-electron chi connectivity index (χ2n) is 18.6. The molecule has 82 heavy (non-hydrogen) atoms. The summed E-state index contributed by atoms with van der Waals surface area (Å²) in [6, 6.07) is 13.4. The Labute approximate surface area is 469 Å². The number of methoxy groups -OCH3 is 2. The zero-order valence-corrected chi connectivity index (χ0v) is 45.5. The van der Waals surface area contributed by atoms with E-state index in [1.807, 2.05) is 28.9 Å². The molecule has 3 fully saturated rings. The van der Waals surface area contributed by atoms with Crippen LogP contribution in [-0.2, 0) is 25.3 Å². The predicted molar refractivity (Wildman–Crippen MR) is 301 cm³/mol. The number of nitrogens with one attached hydrogen (secondary N) is 6.